The highest BCUT2D eigenvalue weighted by Gasteiger charge is 2.04. The Hall–Kier alpha value is -2.50. The first-order valence-corrected chi connectivity index (χ1v) is 5.31. The lowest BCUT2D eigenvalue weighted by Crippen LogP contribution is -2.27. The second kappa shape index (κ2) is 6.95. The van der Waals surface area contributed by atoms with Crippen molar-refractivity contribution < 1.29 is 14.3 Å². The van der Waals surface area contributed by atoms with Crippen molar-refractivity contribution >= 4 is 17.8 Å². The molecule has 0 aliphatic rings. The van der Waals surface area contributed by atoms with Crippen LogP contribution in [0.2, 0.25) is 0 Å². The van der Waals surface area contributed by atoms with Gasteiger partial charge in [-0.1, -0.05) is 12.1 Å². The minimum Gasteiger partial charge on any atom is -0.410 e. The van der Waals surface area contributed by atoms with Gasteiger partial charge in [0.15, 0.2) is 0 Å². The molecule has 6 heteroatoms. The number of amides is 3. The van der Waals surface area contributed by atoms with E-state index >= 15 is 0 Å². The predicted molar refractivity (Wildman–Crippen MR) is 68.7 cm³/mol. The van der Waals surface area contributed by atoms with Crippen molar-refractivity contribution in [1.82, 2.24) is 10.6 Å². The van der Waals surface area contributed by atoms with Crippen LogP contribution in [-0.2, 0) is 0 Å². The maximum absolute atomic E-state index is 11.3. The Kier molecular flexibility index (Phi) is 5.24. The minimum atomic E-state index is -0.577. The van der Waals surface area contributed by atoms with Crippen LogP contribution in [-0.4, -0.2) is 25.7 Å². The van der Waals surface area contributed by atoms with E-state index in [-0.39, 0.29) is 6.03 Å². The summed E-state index contributed by atoms with van der Waals surface area (Å²) in [5.74, 6) is 0.338. The van der Waals surface area contributed by atoms with Gasteiger partial charge in [-0.25, -0.2) is 9.59 Å². The lowest BCUT2D eigenvalue weighted by atomic mass is 10.3. The highest BCUT2D eigenvalue weighted by Crippen LogP contribution is 2.17. The van der Waals surface area contributed by atoms with Gasteiger partial charge >= 0.3 is 12.1 Å². The summed E-state index contributed by atoms with van der Waals surface area (Å²) >= 11 is 0. The molecule has 3 N–H and O–H groups in total. The van der Waals surface area contributed by atoms with Gasteiger partial charge in [0.05, 0.1) is 0 Å². The molecule has 0 bridgehead atoms. The Morgan fingerprint density at radius 2 is 2.22 bits per heavy atom. The van der Waals surface area contributed by atoms with Crippen molar-refractivity contribution in [2.24, 2.45) is 0 Å². The molecule has 0 aliphatic heterocycles. The molecule has 0 aromatic heterocycles. The van der Waals surface area contributed by atoms with E-state index in [2.05, 4.69) is 22.5 Å². The predicted octanol–water partition coefficient (Wildman–Crippen LogP) is 1.71. The standard InChI is InChI=1S/C12H15N3O3/c1-3-7-14-12(17)18-10-6-4-5-9(8-10)15-11(16)13-2/h3-6,8H,1,7H2,2H3,(H,14,17)(H2,13,15,16). The van der Waals surface area contributed by atoms with Crippen LogP contribution in [0.25, 0.3) is 0 Å². The molecule has 0 aliphatic carbocycles. The van der Waals surface area contributed by atoms with Crippen LogP contribution in [0.5, 0.6) is 5.75 Å². The third-order valence-corrected chi connectivity index (χ3v) is 1.92. The smallest absolute Gasteiger partial charge is 0.410 e. The average molecular weight is 249 g/mol. The molecule has 0 atom stereocenters. The zero-order chi connectivity index (χ0) is 13.4. The lowest BCUT2D eigenvalue weighted by molar-refractivity contribution is 0.201. The minimum absolute atomic E-state index is 0.328. The van der Waals surface area contributed by atoms with Gasteiger partial charge < -0.3 is 20.7 Å². The number of hydrogen-bond acceptors (Lipinski definition) is 3. The second-order valence-corrected chi connectivity index (χ2v) is 3.29. The van der Waals surface area contributed by atoms with Gasteiger partial charge in [-0.05, 0) is 12.1 Å². The summed E-state index contributed by atoms with van der Waals surface area (Å²) in [5.41, 5.74) is 0.531. The summed E-state index contributed by atoms with van der Waals surface area (Å²) < 4.78 is 5.00. The van der Waals surface area contributed by atoms with Gasteiger partial charge in [-0.15, -0.1) is 6.58 Å². The zero-order valence-corrected chi connectivity index (χ0v) is 10.0. The Labute approximate surface area is 105 Å². The normalized spacial score (nSPS) is 9.17. The summed E-state index contributed by atoms with van der Waals surface area (Å²) in [7, 11) is 1.51. The van der Waals surface area contributed by atoms with Gasteiger partial charge in [-0.3, -0.25) is 0 Å². The first-order chi connectivity index (χ1) is 8.65. The number of ether oxygens (including phenoxy) is 1. The Morgan fingerprint density at radius 3 is 2.89 bits per heavy atom. The van der Waals surface area contributed by atoms with Gasteiger partial charge in [0.25, 0.3) is 0 Å². The largest absolute Gasteiger partial charge is 0.412 e. The number of urea groups is 1. The maximum Gasteiger partial charge on any atom is 0.412 e. The van der Waals surface area contributed by atoms with E-state index in [9.17, 15) is 9.59 Å². The fourth-order valence-electron chi connectivity index (χ4n) is 1.13. The third-order valence-electron chi connectivity index (χ3n) is 1.92. The van der Waals surface area contributed by atoms with Gasteiger partial charge in [0, 0.05) is 25.3 Å². The van der Waals surface area contributed by atoms with E-state index in [0.29, 0.717) is 18.0 Å². The van der Waals surface area contributed by atoms with Crippen LogP contribution in [0.15, 0.2) is 36.9 Å². The van der Waals surface area contributed by atoms with Crippen molar-refractivity contribution in [3.8, 4) is 5.75 Å². The van der Waals surface area contributed by atoms with Gasteiger partial charge in [-0.2, -0.15) is 0 Å². The van der Waals surface area contributed by atoms with Crippen LogP contribution in [0, 0.1) is 0 Å². The molecule has 1 aromatic carbocycles. The molecule has 0 unspecified atom stereocenters. The van der Waals surface area contributed by atoms with Crippen molar-refractivity contribution in [3.63, 3.8) is 0 Å². The maximum atomic E-state index is 11.3. The number of anilines is 1. The van der Waals surface area contributed by atoms with Gasteiger partial charge in [0.2, 0.25) is 0 Å². The lowest BCUT2D eigenvalue weighted by Gasteiger charge is -2.07. The molecule has 0 radical (unpaired) electrons. The third kappa shape index (κ3) is 4.56. The van der Waals surface area contributed by atoms with E-state index in [1.807, 2.05) is 0 Å². The van der Waals surface area contributed by atoms with Gasteiger partial charge in [0.1, 0.15) is 5.75 Å². The fourth-order valence-corrected chi connectivity index (χ4v) is 1.13. The monoisotopic (exact) mass is 249 g/mol. The Balaban J connectivity index is 2.61. The molecule has 0 spiro atoms. The number of rotatable bonds is 4. The first kappa shape index (κ1) is 13.6. The summed E-state index contributed by atoms with van der Waals surface area (Å²) in [4.78, 5) is 22.4. The van der Waals surface area contributed by atoms with Crippen LogP contribution in [0.3, 0.4) is 0 Å². The molecule has 3 amide bonds. The number of benzene rings is 1. The van der Waals surface area contributed by atoms with E-state index < -0.39 is 6.09 Å². The second-order valence-electron chi connectivity index (χ2n) is 3.29. The average Bonchev–Trinajstić information content (AvgIpc) is 2.36. The number of carbonyl (C=O) groups excluding carboxylic acids is 2. The Morgan fingerprint density at radius 1 is 1.44 bits per heavy atom. The molecule has 1 aromatic rings. The van der Waals surface area contributed by atoms with Crippen molar-refractivity contribution in [2.45, 2.75) is 0 Å². The molecular weight excluding hydrogens is 234 g/mol. The SMILES string of the molecule is C=CCNC(=O)Oc1cccc(NC(=O)NC)c1. The molecule has 0 saturated carbocycles. The number of hydrogen-bond donors (Lipinski definition) is 3. The first-order valence-electron chi connectivity index (χ1n) is 5.31. The zero-order valence-electron chi connectivity index (χ0n) is 10.0. The molecule has 18 heavy (non-hydrogen) atoms. The van der Waals surface area contributed by atoms with Crippen LogP contribution < -0.4 is 20.7 Å². The molecule has 96 valence electrons. The van der Waals surface area contributed by atoms with E-state index in [1.165, 1.54) is 7.05 Å². The summed E-state index contributed by atoms with van der Waals surface area (Å²) in [5, 5.41) is 7.46. The highest BCUT2D eigenvalue weighted by molar-refractivity contribution is 5.89. The van der Waals surface area contributed by atoms with Crippen molar-refractivity contribution in [1.29, 1.82) is 0 Å². The Bertz CT molecular complexity index is 446. The highest BCUT2D eigenvalue weighted by atomic mass is 16.6. The fraction of sp³-hybridized carbons (Fsp3) is 0.167. The van der Waals surface area contributed by atoms with E-state index in [4.69, 9.17) is 4.74 Å². The molecule has 6 nitrogen and oxygen atoms in total. The topological polar surface area (TPSA) is 79.5 Å². The summed E-state index contributed by atoms with van der Waals surface area (Å²) in [6.07, 6.45) is 0.970. The van der Waals surface area contributed by atoms with Crippen molar-refractivity contribution in [3.05, 3.63) is 36.9 Å². The molecule has 0 heterocycles. The van der Waals surface area contributed by atoms with Crippen molar-refractivity contribution in [2.75, 3.05) is 18.9 Å². The van der Waals surface area contributed by atoms with Crippen LogP contribution >= 0.6 is 0 Å². The number of nitrogens with one attached hydrogen (secondary N) is 3. The summed E-state index contributed by atoms with van der Waals surface area (Å²) in [6, 6.07) is 6.17. The molecule has 0 saturated heterocycles. The molecule has 1 rings (SSSR count). The van der Waals surface area contributed by atoms with E-state index in [0.717, 1.165) is 0 Å². The molecular formula is C12H15N3O3. The number of carbonyl (C=O) groups is 2. The summed E-state index contributed by atoms with van der Waals surface area (Å²) in [6.45, 7) is 3.80. The molecule has 0 fully saturated rings. The van der Waals surface area contributed by atoms with Crippen LogP contribution in [0.1, 0.15) is 0 Å². The van der Waals surface area contributed by atoms with Crippen LogP contribution in [0.4, 0.5) is 15.3 Å². The van der Waals surface area contributed by atoms with E-state index in [1.54, 1.807) is 30.3 Å². The quantitative estimate of drug-likeness (QED) is 0.711.